The standard InChI is InChI=1S/C54H106N4O8/c1-9-17-23-31-49(32-24-18-10-2)47-65-51(59)35-27-29-39-57(37-21-13-5)53(61)63-45-43-56(42-41-55(15-7)16-8)44-46-64-54(62)58(38-22-14-6)40-30-28-36-52(60)66-48-50(33-25-19-11-3)34-26-20-12-4/h49-50H,9-48H2,1-8H3. The highest BCUT2D eigenvalue weighted by atomic mass is 16.6. The Morgan fingerprint density at radius 1 is 0.348 bits per heavy atom. The summed E-state index contributed by atoms with van der Waals surface area (Å²) < 4.78 is 23.2. The Kier molecular flexibility index (Phi) is 44.3. The van der Waals surface area contributed by atoms with E-state index in [1.807, 2.05) is 0 Å². The molecule has 0 aliphatic heterocycles. The largest absolute Gasteiger partial charge is 0.465 e. The second kappa shape index (κ2) is 46.1. The highest BCUT2D eigenvalue weighted by molar-refractivity contribution is 5.70. The van der Waals surface area contributed by atoms with Crippen LogP contribution in [0, 0.1) is 11.8 Å². The summed E-state index contributed by atoms with van der Waals surface area (Å²) in [6, 6.07) is 0. The number of amides is 2. The number of hydrogen-bond acceptors (Lipinski definition) is 10. The van der Waals surface area contributed by atoms with Crippen molar-refractivity contribution >= 4 is 24.1 Å². The maximum absolute atomic E-state index is 13.4. The molecule has 12 heteroatoms. The quantitative estimate of drug-likeness (QED) is 0.0331. The normalized spacial score (nSPS) is 11.5. The third-order valence-corrected chi connectivity index (χ3v) is 12.9. The summed E-state index contributed by atoms with van der Waals surface area (Å²) in [5.41, 5.74) is 0. The van der Waals surface area contributed by atoms with Gasteiger partial charge in [0.15, 0.2) is 0 Å². The van der Waals surface area contributed by atoms with Crippen LogP contribution >= 0.6 is 0 Å². The maximum atomic E-state index is 13.4. The lowest BCUT2D eigenvalue weighted by Gasteiger charge is -2.27. The summed E-state index contributed by atoms with van der Waals surface area (Å²) in [6.45, 7) is 25.8. The molecule has 66 heavy (non-hydrogen) atoms. The van der Waals surface area contributed by atoms with E-state index < -0.39 is 0 Å². The molecule has 0 aliphatic rings. The Balaban J connectivity index is 5.08. The van der Waals surface area contributed by atoms with E-state index in [9.17, 15) is 19.2 Å². The Hall–Kier alpha value is -2.60. The highest BCUT2D eigenvalue weighted by Gasteiger charge is 2.19. The molecule has 0 atom stereocenters. The van der Waals surface area contributed by atoms with Crippen molar-refractivity contribution in [3.8, 4) is 0 Å². The zero-order valence-electron chi connectivity index (χ0n) is 44.5. The number of unbranched alkanes of at least 4 members (excludes halogenated alkanes) is 12. The van der Waals surface area contributed by atoms with Gasteiger partial charge in [0.1, 0.15) is 13.2 Å². The molecule has 0 aromatic carbocycles. The fourth-order valence-corrected chi connectivity index (χ4v) is 8.22. The number of nitrogens with zero attached hydrogens (tertiary/aromatic N) is 4. The average Bonchev–Trinajstić information content (AvgIpc) is 3.31. The van der Waals surface area contributed by atoms with Gasteiger partial charge < -0.3 is 33.6 Å². The molecule has 390 valence electrons. The van der Waals surface area contributed by atoms with E-state index in [2.05, 4.69) is 65.2 Å². The molecular weight excluding hydrogens is 833 g/mol. The summed E-state index contributed by atoms with van der Waals surface area (Å²) in [4.78, 5) is 60.2. The molecule has 0 bridgehead atoms. The predicted octanol–water partition coefficient (Wildman–Crippen LogP) is 13.1. The lowest BCUT2D eigenvalue weighted by Crippen LogP contribution is -2.41. The van der Waals surface area contributed by atoms with Gasteiger partial charge in [-0.25, -0.2) is 9.59 Å². The summed E-state index contributed by atoms with van der Waals surface area (Å²) in [6.07, 6.45) is 25.5. The van der Waals surface area contributed by atoms with Crippen LogP contribution in [0.3, 0.4) is 0 Å². The van der Waals surface area contributed by atoms with Crippen molar-refractivity contribution in [2.75, 3.05) is 91.9 Å². The molecule has 0 aromatic rings. The van der Waals surface area contributed by atoms with E-state index >= 15 is 0 Å². The fourth-order valence-electron chi connectivity index (χ4n) is 8.22. The van der Waals surface area contributed by atoms with Crippen LogP contribution in [0.2, 0.25) is 0 Å². The molecule has 12 nitrogen and oxygen atoms in total. The monoisotopic (exact) mass is 939 g/mol. The molecule has 0 aliphatic carbocycles. The molecule has 0 saturated carbocycles. The zero-order chi connectivity index (χ0) is 48.9. The molecule has 0 N–H and O–H groups in total. The first-order valence-corrected chi connectivity index (χ1v) is 27.7. The number of esters is 2. The van der Waals surface area contributed by atoms with Gasteiger partial charge in [-0.05, 0) is 89.1 Å². The van der Waals surface area contributed by atoms with Crippen molar-refractivity contribution < 1.29 is 38.1 Å². The van der Waals surface area contributed by atoms with Crippen molar-refractivity contribution in [2.24, 2.45) is 11.8 Å². The van der Waals surface area contributed by atoms with Crippen LogP contribution in [0.1, 0.15) is 222 Å². The number of likely N-dealkylation sites (N-methyl/N-ethyl adjacent to an activating group) is 1. The Morgan fingerprint density at radius 2 is 0.682 bits per heavy atom. The Bertz CT molecular complexity index is 1040. The van der Waals surface area contributed by atoms with Crippen molar-refractivity contribution in [3.05, 3.63) is 0 Å². The molecule has 0 spiro atoms. The minimum atomic E-state index is -0.322. The third-order valence-electron chi connectivity index (χ3n) is 12.9. The third kappa shape index (κ3) is 36.4. The highest BCUT2D eigenvalue weighted by Crippen LogP contribution is 2.20. The van der Waals surface area contributed by atoms with E-state index in [4.69, 9.17) is 18.9 Å². The first-order chi connectivity index (χ1) is 32.1. The summed E-state index contributed by atoms with van der Waals surface area (Å²) in [7, 11) is 0. The molecule has 0 aromatic heterocycles. The SMILES string of the molecule is CCCCCC(CCCCC)COC(=O)CCCCN(CCCC)C(=O)OCCN(CCOC(=O)N(CCCC)CCCCC(=O)OCC(CCCCC)CCCCC)CCN(CC)CC. The maximum Gasteiger partial charge on any atom is 0.409 e. The van der Waals surface area contributed by atoms with Crippen LogP contribution < -0.4 is 0 Å². The molecule has 0 fully saturated rings. The van der Waals surface area contributed by atoms with E-state index in [0.29, 0.717) is 103 Å². The zero-order valence-corrected chi connectivity index (χ0v) is 44.5. The second-order valence-electron chi connectivity index (χ2n) is 18.8. The second-order valence-corrected chi connectivity index (χ2v) is 18.8. The Labute approximate surface area is 406 Å². The smallest absolute Gasteiger partial charge is 0.409 e. The summed E-state index contributed by atoms with van der Waals surface area (Å²) in [5, 5.41) is 0. The molecule has 0 saturated heterocycles. The van der Waals surface area contributed by atoms with E-state index in [1.54, 1.807) is 9.80 Å². The Morgan fingerprint density at radius 3 is 1.02 bits per heavy atom. The van der Waals surface area contributed by atoms with Gasteiger partial charge in [0.2, 0.25) is 0 Å². The van der Waals surface area contributed by atoms with Crippen LogP contribution in [-0.4, -0.2) is 136 Å². The first kappa shape index (κ1) is 63.4. The van der Waals surface area contributed by atoms with Crippen molar-refractivity contribution in [2.45, 2.75) is 222 Å². The lowest BCUT2D eigenvalue weighted by atomic mass is 9.96. The van der Waals surface area contributed by atoms with E-state index in [-0.39, 0.29) is 37.3 Å². The van der Waals surface area contributed by atoms with Gasteiger partial charge in [0.05, 0.1) is 13.2 Å². The van der Waals surface area contributed by atoms with E-state index in [0.717, 1.165) is 77.5 Å². The molecule has 2 amide bonds. The van der Waals surface area contributed by atoms with Crippen LogP contribution in [0.25, 0.3) is 0 Å². The van der Waals surface area contributed by atoms with Crippen molar-refractivity contribution in [1.29, 1.82) is 0 Å². The van der Waals surface area contributed by atoms with Gasteiger partial charge in [-0.3, -0.25) is 14.5 Å². The molecular formula is C54H106N4O8. The van der Waals surface area contributed by atoms with Gasteiger partial charge in [-0.15, -0.1) is 0 Å². The van der Waals surface area contributed by atoms with Crippen LogP contribution in [-0.2, 0) is 28.5 Å². The summed E-state index contributed by atoms with van der Waals surface area (Å²) in [5.74, 6) is 0.622. The average molecular weight is 939 g/mol. The first-order valence-electron chi connectivity index (χ1n) is 27.7. The van der Waals surface area contributed by atoms with E-state index in [1.165, 1.54) is 77.0 Å². The molecule has 0 unspecified atom stereocenters. The molecule has 0 heterocycles. The minimum absolute atomic E-state index is 0.138. The minimum Gasteiger partial charge on any atom is -0.465 e. The van der Waals surface area contributed by atoms with Crippen molar-refractivity contribution in [3.63, 3.8) is 0 Å². The van der Waals surface area contributed by atoms with Crippen LogP contribution in [0.4, 0.5) is 9.59 Å². The molecule has 0 rings (SSSR count). The number of rotatable bonds is 47. The van der Waals surface area contributed by atoms with Crippen LogP contribution in [0.5, 0.6) is 0 Å². The van der Waals surface area contributed by atoms with Gasteiger partial charge in [0, 0.05) is 65.2 Å². The van der Waals surface area contributed by atoms with Gasteiger partial charge in [-0.2, -0.15) is 0 Å². The number of hydrogen-bond donors (Lipinski definition) is 0. The molecule has 0 radical (unpaired) electrons. The topological polar surface area (TPSA) is 118 Å². The number of ether oxygens (including phenoxy) is 4. The van der Waals surface area contributed by atoms with Gasteiger partial charge in [0.25, 0.3) is 0 Å². The van der Waals surface area contributed by atoms with Gasteiger partial charge >= 0.3 is 24.1 Å². The number of carbonyl (C=O) groups is 4. The number of carbonyl (C=O) groups excluding carboxylic acids is 4. The summed E-state index contributed by atoms with van der Waals surface area (Å²) >= 11 is 0. The van der Waals surface area contributed by atoms with Crippen molar-refractivity contribution in [1.82, 2.24) is 19.6 Å². The predicted molar refractivity (Wildman–Crippen MR) is 273 cm³/mol. The van der Waals surface area contributed by atoms with Crippen LogP contribution in [0.15, 0.2) is 0 Å². The fraction of sp³-hybridized carbons (Fsp3) is 0.926. The lowest BCUT2D eigenvalue weighted by molar-refractivity contribution is -0.146. The van der Waals surface area contributed by atoms with Gasteiger partial charge in [-0.1, -0.05) is 145 Å².